The molecule has 19 heavy (non-hydrogen) atoms. The van der Waals surface area contributed by atoms with Gasteiger partial charge in [0, 0.05) is 23.1 Å². The molecule has 6 N–H and O–H groups in total. The molecule has 3 rings (SSSR count). The largest absolute Gasteiger partial charge is 0.307 e. The summed E-state index contributed by atoms with van der Waals surface area (Å²) in [5, 5.41) is 14.9. The van der Waals surface area contributed by atoms with Gasteiger partial charge in [-0.2, -0.15) is 0 Å². The molecule has 3 aliphatic heterocycles. The number of rotatable bonds is 3. The Balaban J connectivity index is 1.47. The van der Waals surface area contributed by atoms with Crippen LogP contribution in [0.1, 0.15) is 26.2 Å². The number of nitrogens with two attached hydrogens (primary N) is 1. The minimum atomic E-state index is 0.0961. The Morgan fingerprint density at radius 3 is 2.84 bits per heavy atom. The molecule has 3 fully saturated rings. The summed E-state index contributed by atoms with van der Waals surface area (Å²) in [5.41, 5.74) is 6.43. The normalized spacial score (nSPS) is 47.7. The number of thioether (sulfide) groups is 2. The summed E-state index contributed by atoms with van der Waals surface area (Å²) in [6.45, 7) is 3.38. The van der Waals surface area contributed by atoms with Gasteiger partial charge in [-0.3, -0.25) is 16.0 Å². The lowest BCUT2D eigenvalue weighted by Crippen LogP contribution is -2.54. The molecule has 0 radical (unpaired) electrons. The van der Waals surface area contributed by atoms with Crippen molar-refractivity contribution in [3.05, 3.63) is 0 Å². The van der Waals surface area contributed by atoms with Crippen molar-refractivity contribution >= 4 is 23.5 Å². The fourth-order valence-electron chi connectivity index (χ4n) is 3.08. The molecule has 110 valence electrons. The third-order valence-electron chi connectivity index (χ3n) is 4.09. The standard InChI is InChI=1S/C12H25N5S2/c1-7-10(19-11(13)15-7)8-6-18-12(16-8)17-9-4-2-3-5-14-9/h7-12,14-17H,2-6,13H2,1H3. The van der Waals surface area contributed by atoms with E-state index in [1.165, 1.54) is 25.0 Å². The summed E-state index contributed by atoms with van der Waals surface area (Å²) in [7, 11) is 0. The molecule has 0 spiro atoms. The molecule has 0 amide bonds. The van der Waals surface area contributed by atoms with Gasteiger partial charge >= 0.3 is 0 Å². The quantitative estimate of drug-likeness (QED) is 0.502. The average Bonchev–Trinajstić information content (AvgIpc) is 2.97. The van der Waals surface area contributed by atoms with Gasteiger partial charge in [0.05, 0.1) is 6.17 Å². The van der Waals surface area contributed by atoms with Crippen molar-refractivity contribution in [2.45, 2.75) is 60.7 Å². The van der Waals surface area contributed by atoms with Gasteiger partial charge in [0.15, 0.2) is 0 Å². The summed E-state index contributed by atoms with van der Waals surface area (Å²) in [6, 6.07) is 1.04. The van der Waals surface area contributed by atoms with Crippen molar-refractivity contribution in [1.82, 2.24) is 21.3 Å². The maximum atomic E-state index is 5.96. The van der Waals surface area contributed by atoms with Gasteiger partial charge in [0.25, 0.3) is 0 Å². The lowest BCUT2D eigenvalue weighted by Gasteiger charge is -2.28. The molecule has 0 aliphatic carbocycles. The second-order valence-electron chi connectivity index (χ2n) is 5.63. The summed E-state index contributed by atoms with van der Waals surface area (Å²) < 4.78 is 0. The highest BCUT2D eigenvalue weighted by molar-refractivity contribution is 8.01. The highest BCUT2D eigenvalue weighted by Gasteiger charge is 2.39. The molecule has 3 aliphatic rings. The van der Waals surface area contributed by atoms with E-state index in [9.17, 15) is 0 Å². The van der Waals surface area contributed by atoms with Gasteiger partial charge in [-0.1, -0.05) is 0 Å². The Morgan fingerprint density at radius 2 is 2.16 bits per heavy atom. The van der Waals surface area contributed by atoms with Crippen LogP contribution in [0.4, 0.5) is 0 Å². The predicted molar refractivity (Wildman–Crippen MR) is 83.9 cm³/mol. The van der Waals surface area contributed by atoms with Crippen molar-refractivity contribution in [2.75, 3.05) is 12.3 Å². The molecule has 5 nitrogen and oxygen atoms in total. The van der Waals surface area contributed by atoms with E-state index in [0.717, 1.165) is 6.54 Å². The summed E-state index contributed by atoms with van der Waals surface area (Å²) in [4.78, 5) is 0. The first-order valence-electron chi connectivity index (χ1n) is 7.26. The Kier molecular flexibility index (Phi) is 4.95. The molecule has 3 heterocycles. The Bertz CT molecular complexity index is 300. The molecule has 0 bridgehead atoms. The van der Waals surface area contributed by atoms with E-state index in [1.807, 2.05) is 23.5 Å². The maximum absolute atomic E-state index is 5.96. The smallest absolute Gasteiger partial charge is 0.107 e. The van der Waals surface area contributed by atoms with E-state index in [-0.39, 0.29) is 5.50 Å². The summed E-state index contributed by atoms with van der Waals surface area (Å²) >= 11 is 3.86. The van der Waals surface area contributed by atoms with Crippen LogP contribution in [0.25, 0.3) is 0 Å². The minimum Gasteiger partial charge on any atom is -0.307 e. The van der Waals surface area contributed by atoms with Crippen molar-refractivity contribution in [2.24, 2.45) is 5.73 Å². The van der Waals surface area contributed by atoms with Crippen molar-refractivity contribution in [1.29, 1.82) is 0 Å². The van der Waals surface area contributed by atoms with Crippen molar-refractivity contribution in [3.8, 4) is 0 Å². The third kappa shape index (κ3) is 3.58. The average molecular weight is 304 g/mol. The maximum Gasteiger partial charge on any atom is 0.107 e. The van der Waals surface area contributed by atoms with Gasteiger partial charge in [-0.25, -0.2) is 0 Å². The second kappa shape index (κ2) is 6.51. The fourth-order valence-corrected chi connectivity index (χ4v) is 5.74. The predicted octanol–water partition coefficient (Wildman–Crippen LogP) is 0.000000000000000999. The van der Waals surface area contributed by atoms with E-state index in [4.69, 9.17) is 5.73 Å². The molecule has 0 aromatic heterocycles. The number of piperidine rings is 1. The van der Waals surface area contributed by atoms with Crippen molar-refractivity contribution in [3.63, 3.8) is 0 Å². The number of hydrogen-bond acceptors (Lipinski definition) is 7. The zero-order chi connectivity index (χ0) is 13.2. The van der Waals surface area contributed by atoms with Crippen LogP contribution in [0.3, 0.4) is 0 Å². The Morgan fingerprint density at radius 1 is 1.26 bits per heavy atom. The molecule has 6 unspecified atom stereocenters. The summed E-state index contributed by atoms with van der Waals surface area (Å²) in [6.07, 6.45) is 4.36. The van der Waals surface area contributed by atoms with Crippen LogP contribution in [-0.4, -0.2) is 46.8 Å². The molecular weight excluding hydrogens is 278 g/mol. The minimum absolute atomic E-state index is 0.0961. The van der Waals surface area contributed by atoms with Gasteiger partial charge in [-0.15, -0.1) is 23.5 Å². The van der Waals surface area contributed by atoms with Crippen LogP contribution in [0.5, 0.6) is 0 Å². The monoisotopic (exact) mass is 303 g/mol. The van der Waals surface area contributed by atoms with Crippen LogP contribution in [0, 0.1) is 0 Å². The molecule has 3 saturated heterocycles. The van der Waals surface area contributed by atoms with E-state index in [0.29, 0.717) is 29.0 Å². The second-order valence-corrected chi connectivity index (χ2v) is 8.09. The Hall–Kier alpha value is 0.500. The zero-order valence-electron chi connectivity index (χ0n) is 11.4. The van der Waals surface area contributed by atoms with Gasteiger partial charge in [0.2, 0.25) is 0 Å². The van der Waals surface area contributed by atoms with Crippen LogP contribution in [0.2, 0.25) is 0 Å². The van der Waals surface area contributed by atoms with Gasteiger partial charge in [-0.05, 0) is 32.7 Å². The van der Waals surface area contributed by atoms with Crippen molar-refractivity contribution < 1.29 is 0 Å². The zero-order valence-corrected chi connectivity index (χ0v) is 13.0. The van der Waals surface area contributed by atoms with Crippen LogP contribution >= 0.6 is 23.5 Å². The third-order valence-corrected chi connectivity index (χ3v) is 6.73. The molecule has 0 aromatic rings. The number of nitrogens with one attached hydrogen (secondary N) is 4. The first-order chi connectivity index (χ1) is 9.22. The highest BCUT2D eigenvalue weighted by atomic mass is 32.2. The fraction of sp³-hybridized carbons (Fsp3) is 1.00. The topological polar surface area (TPSA) is 74.1 Å². The van der Waals surface area contributed by atoms with Gasteiger partial charge < -0.3 is 11.1 Å². The molecule has 7 heteroatoms. The van der Waals surface area contributed by atoms with Gasteiger partial charge in [0.1, 0.15) is 11.0 Å². The van der Waals surface area contributed by atoms with E-state index >= 15 is 0 Å². The van der Waals surface area contributed by atoms with Crippen LogP contribution in [-0.2, 0) is 0 Å². The lowest BCUT2D eigenvalue weighted by atomic mass is 10.1. The first kappa shape index (κ1) is 14.4. The summed E-state index contributed by atoms with van der Waals surface area (Å²) in [5.74, 6) is 1.17. The van der Waals surface area contributed by atoms with E-state index < -0.39 is 0 Å². The molecule has 6 atom stereocenters. The Labute approximate surface area is 124 Å². The first-order valence-corrected chi connectivity index (χ1v) is 9.26. The molecular formula is C12H25N5S2. The van der Waals surface area contributed by atoms with E-state index in [2.05, 4.69) is 28.2 Å². The lowest BCUT2D eigenvalue weighted by molar-refractivity contribution is 0.319. The number of hydrogen-bond donors (Lipinski definition) is 5. The van der Waals surface area contributed by atoms with Crippen LogP contribution < -0.4 is 27.0 Å². The molecule has 0 saturated carbocycles. The SMILES string of the molecule is CC1NC(N)SC1C1CSC(NC2CCCCN2)N1. The van der Waals surface area contributed by atoms with Crippen LogP contribution in [0.15, 0.2) is 0 Å². The molecule has 0 aromatic carbocycles. The highest BCUT2D eigenvalue weighted by Crippen LogP contribution is 2.32. The van der Waals surface area contributed by atoms with E-state index in [1.54, 1.807) is 0 Å².